The number of phosphoric ester groups is 4. The van der Waals surface area contributed by atoms with E-state index in [9.17, 15) is 72.3 Å². The second-order valence-corrected chi connectivity index (χ2v) is 21.9. The molecule has 67 heavy (non-hydrogen) atoms. The topological polar surface area (TPSA) is 349 Å². The number of aliphatic hydroxyl groups is 2. The number of hydrogen-bond acceptors (Lipinski definition) is 15. The third-order valence-electron chi connectivity index (χ3n) is 10.8. The van der Waals surface area contributed by atoms with Crippen LogP contribution in [0.15, 0.2) is 12.2 Å². The van der Waals surface area contributed by atoms with Gasteiger partial charge in [-0.1, -0.05) is 142 Å². The number of phosphoric acid groups is 4. The third kappa shape index (κ3) is 33.3. The maximum absolute atomic E-state index is 13.2. The van der Waals surface area contributed by atoms with Gasteiger partial charge in [-0.05, 0) is 38.5 Å². The van der Waals surface area contributed by atoms with E-state index in [2.05, 4.69) is 39.6 Å². The molecule has 0 aromatic heterocycles. The first-order chi connectivity index (χ1) is 31.5. The molecule has 396 valence electrons. The van der Waals surface area contributed by atoms with Crippen LogP contribution in [-0.2, 0) is 59.9 Å². The zero-order valence-corrected chi connectivity index (χ0v) is 42.7. The zero-order chi connectivity index (χ0) is 50.4. The summed E-state index contributed by atoms with van der Waals surface area (Å²) in [6.07, 6.45) is 11.5. The maximum Gasteiger partial charge on any atom is 0.472 e. The lowest BCUT2D eigenvalue weighted by atomic mass is 9.85. The Kier molecular flexibility index (Phi) is 33.7. The van der Waals surface area contributed by atoms with Gasteiger partial charge in [-0.3, -0.25) is 32.2 Å². The SMILES string of the molecule is CCCCCCC=CCCCCCCCC(=O)O[C@H](COC(=O)CCCCCCCCCCCCCCC)COP(=O)(O)OC1C(O)C(OP(=O)(O)O)C(OP(=O)(O)O)[C@@H](OP(=O)(O)O)C1O. The number of aliphatic hydroxyl groups excluding tert-OH is 2. The Morgan fingerprint density at radius 2 is 0.821 bits per heavy atom. The molecule has 1 rings (SSSR count). The van der Waals surface area contributed by atoms with E-state index in [1.165, 1.54) is 70.6 Å². The fourth-order valence-corrected chi connectivity index (χ4v) is 10.0. The van der Waals surface area contributed by atoms with Crippen molar-refractivity contribution in [3.63, 3.8) is 0 Å². The van der Waals surface area contributed by atoms with E-state index in [4.69, 9.17) is 18.5 Å². The smallest absolute Gasteiger partial charge is 0.462 e. The highest BCUT2D eigenvalue weighted by Gasteiger charge is 2.59. The van der Waals surface area contributed by atoms with E-state index >= 15 is 0 Å². The van der Waals surface area contributed by atoms with Gasteiger partial charge >= 0.3 is 43.2 Å². The molecule has 0 radical (unpaired) electrons. The number of esters is 2. The summed E-state index contributed by atoms with van der Waals surface area (Å²) in [5, 5.41) is 21.8. The van der Waals surface area contributed by atoms with Crippen molar-refractivity contribution in [3.8, 4) is 0 Å². The Balaban J connectivity index is 2.93. The van der Waals surface area contributed by atoms with Crippen LogP contribution in [0.3, 0.4) is 0 Å². The molecule has 22 nitrogen and oxygen atoms in total. The molecule has 0 aromatic rings. The summed E-state index contributed by atoms with van der Waals surface area (Å²) in [4.78, 5) is 92.7. The molecule has 0 aromatic carbocycles. The van der Waals surface area contributed by atoms with E-state index in [-0.39, 0.29) is 12.8 Å². The predicted molar refractivity (Wildman–Crippen MR) is 245 cm³/mol. The van der Waals surface area contributed by atoms with Gasteiger partial charge in [-0.2, -0.15) is 0 Å². The first-order valence-electron chi connectivity index (χ1n) is 23.7. The van der Waals surface area contributed by atoms with Crippen LogP contribution in [0.2, 0.25) is 0 Å². The number of ether oxygens (including phenoxy) is 2. The molecule has 26 heteroatoms. The summed E-state index contributed by atoms with van der Waals surface area (Å²) in [7, 11) is -23.0. The van der Waals surface area contributed by atoms with Crippen molar-refractivity contribution in [2.24, 2.45) is 0 Å². The van der Waals surface area contributed by atoms with Crippen LogP contribution in [0.4, 0.5) is 0 Å². The predicted octanol–water partition coefficient (Wildman–Crippen LogP) is 7.85. The summed E-state index contributed by atoms with van der Waals surface area (Å²) in [5.41, 5.74) is 0. The summed E-state index contributed by atoms with van der Waals surface area (Å²) in [6.45, 7) is 2.72. The van der Waals surface area contributed by atoms with Crippen molar-refractivity contribution in [1.82, 2.24) is 0 Å². The van der Waals surface area contributed by atoms with Crippen molar-refractivity contribution >= 4 is 43.2 Å². The van der Waals surface area contributed by atoms with E-state index < -0.39 is 99.2 Å². The second-order valence-electron chi connectivity index (χ2n) is 16.9. The highest BCUT2D eigenvalue weighted by atomic mass is 31.2. The van der Waals surface area contributed by atoms with Crippen LogP contribution in [0.1, 0.15) is 181 Å². The molecule has 1 aliphatic carbocycles. The van der Waals surface area contributed by atoms with Gasteiger partial charge in [0.1, 0.15) is 43.2 Å². The largest absolute Gasteiger partial charge is 0.472 e. The van der Waals surface area contributed by atoms with Crippen LogP contribution in [0.5, 0.6) is 0 Å². The van der Waals surface area contributed by atoms with Gasteiger partial charge in [0, 0.05) is 12.8 Å². The monoisotopic (exact) mass is 1050 g/mol. The third-order valence-corrected chi connectivity index (χ3v) is 13.3. The van der Waals surface area contributed by atoms with E-state index in [0.717, 1.165) is 64.2 Å². The number of allylic oxidation sites excluding steroid dienone is 2. The molecule has 0 aliphatic heterocycles. The molecule has 0 spiro atoms. The van der Waals surface area contributed by atoms with Crippen molar-refractivity contribution in [2.75, 3.05) is 13.2 Å². The fraction of sp³-hybridized carbons (Fsp3) is 0.902. The minimum absolute atomic E-state index is 0.0372. The van der Waals surface area contributed by atoms with E-state index in [1.807, 2.05) is 0 Å². The molecule has 1 saturated carbocycles. The lowest BCUT2D eigenvalue weighted by molar-refractivity contribution is -0.209. The van der Waals surface area contributed by atoms with Crippen molar-refractivity contribution in [1.29, 1.82) is 0 Å². The Morgan fingerprint density at radius 3 is 1.24 bits per heavy atom. The molecule has 6 unspecified atom stereocenters. The second kappa shape index (κ2) is 35.2. The molecule has 0 saturated heterocycles. The number of carbonyl (C=O) groups excluding carboxylic acids is 2. The number of hydrogen-bond donors (Lipinski definition) is 9. The Bertz CT molecular complexity index is 1530. The van der Waals surface area contributed by atoms with Gasteiger partial charge in [0.15, 0.2) is 6.10 Å². The highest BCUT2D eigenvalue weighted by molar-refractivity contribution is 7.47. The van der Waals surface area contributed by atoms with E-state index in [1.54, 1.807) is 0 Å². The van der Waals surface area contributed by atoms with Gasteiger partial charge in [0.05, 0.1) is 6.61 Å². The number of carbonyl (C=O) groups is 2. The minimum Gasteiger partial charge on any atom is -0.462 e. The average molecular weight is 1050 g/mol. The van der Waals surface area contributed by atoms with Crippen molar-refractivity contribution < 1.29 is 104 Å². The zero-order valence-electron chi connectivity index (χ0n) is 39.1. The number of rotatable bonds is 41. The molecule has 0 bridgehead atoms. The standard InChI is InChI=1S/C41H80O22P4/c1-3-5-7-9-11-13-15-17-19-21-23-25-27-29-34(42)57-31-33(59-35(43)30-28-26-24-22-20-18-16-14-12-10-8-6-4-2)32-58-67(55,56)63-38-36(44)39(60-64(46,47)48)41(62-66(52,53)54)40(37(38)45)61-65(49,50)51/h14,16,33,36-41,44-45H,3-13,15,17-32H2,1-2H3,(H,55,56)(H2,46,47,48)(H2,49,50,51)(H2,52,53,54)/t33-,36?,37?,38?,39+,40?,41?/m1/s1. The molecule has 9 N–H and O–H groups in total. The van der Waals surface area contributed by atoms with Crippen molar-refractivity contribution in [3.05, 3.63) is 12.2 Å². The van der Waals surface area contributed by atoms with Gasteiger partial charge in [-0.15, -0.1) is 0 Å². The van der Waals surface area contributed by atoms with Crippen LogP contribution in [-0.4, -0.2) is 112 Å². The number of unbranched alkanes of at least 4 members (excludes halogenated alkanes) is 21. The quantitative estimate of drug-likeness (QED) is 0.0122. The Morgan fingerprint density at radius 1 is 0.463 bits per heavy atom. The molecule has 8 atom stereocenters. The van der Waals surface area contributed by atoms with Crippen LogP contribution >= 0.6 is 31.3 Å². The first kappa shape index (κ1) is 64.1. The first-order valence-corrected chi connectivity index (χ1v) is 29.8. The van der Waals surface area contributed by atoms with Gasteiger partial charge < -0.3 is 53.9 Å². The summed E-state index contributed by atoms with van der Waals surface area (Å²) in [5.74, 6) is -1.41. The summed E-state index contributed by atoms with van der Waals surface area (Å²) >= 11 is 0. The average Bonchev–Trinajstić information content (AvgIpc) is 3.22. The van der Waals surface area contributed by atoms with Crippen LogP contribution in [0.25, 0.3) is 0 Å². The maximum atomic E-state index is 13.2. The molecule has 0 amide bonds. The molecular formula is C41H80O22P4. The fourth-order valence-electron chi connectivity index (χ4n) is 7.37. The lowest BCUT2D eigenvalue weighted by Gasteiger charge is -2.45. The molecular weight excluding hydrogens is 968 g/mol. The highest BCUT2D eigenvalue weighted by Crippen LogP contribution is 2.53. The van der Waals surface area contributed by atoms with Gasteiger partial charge in [0.25, 0.3) is 0 Å². The molecule has 0 heterocycles. The normalized spacial score (nSPS) is 21.9. The van der Waals surface area contributed by atoms with Gasteiger partial charge in [-0.25, -0.2) is 18.3 Å². The Hall–Kier alpha value is -0.960. The summed E-state index contributed by atoms with van der Waals surface area (Å²) < 4.78 is 82.0. The van der Waals surface area contributed by atoms with E-state index in [0.29, 0.717) is 19.3 Å². The Labute approximate surface area is 395 Å². The van der Waals surface area contributed by atoms with Crippen LogP contribution in [0, 0.1) is 0 Å². The van der Waals surface area contributed by atoms with Gasteiger partial charge in [0.2, 0.25) is 0 Å². The lowest BCUT2D eigenvalue weighted by Crippen LogP contribution is -2.65. The van der Waals surface area contributed by atoms with Crippen molar-refractivity contribution in [2.45, 2.75) is 224 Å². The molecule has 1 fully saturated rings. The molecule has 1 aliphatic rings. The minimum atomic E-state index is -5.79. The van der Waals surface area contributed by atoms with Crippen LogP contribution < -0.4 is 0 Å². The summed E-state index contributed by atoms with van der Waals surface area (Å²) in [6, 6.07) is 0.